The van der Waals surface area contributed by atoms with E-state index in [2.05, 4.69) is 5.73 Å². The molecule has 0 spiro atoms. The zero-order valence-electron chi connectivity index (χ0n) is 7.93. The van der Waals surface area contributed by atoms with Crippen molar-refractivity contribution in [2.24, 2.45) is 5.73 Å². The Bertz CT molecular complexity index is 338. The van der Waals surface area contributed by atoms with Crippen molar-refractivity contribution in [1.82, 2.24) is 0 Å². The molecule has 0 aliphatic carbocycles. The van der Waals surface area contributed by atoms with Crippen molar-refractivity contribution in [3.63, 3.8) is 0 Å². The van der Waals surface area contributed by atoms with Crippen LogP contribution in [0.4, 0.5) is 27.6 Å². The van der Waals surface area contributed by atoms with E-state index in [9.17, 15) is 22.0 Å². The summed E-state index contributed by atoms with van der Waals surface area (Å²) in [5.74, 6) is 0. The van der Waals surface area contributed by atoms with Crippen LogP contribution in [0.25, 0.3) is 0 Å². The van der Waals surface area contributed by atoms with Gasteiger partial charge in [-0.1, -0.05) is 18.2 Å². The highest BCUT2D eigenvalue weighted by Gasteiger charge is 2.59. The summed E-state index contributed by atoms with van der Waals surface area (Å²) in [7, 11) is 0. The van der Waals surface area contributed by atoms with Crippen molar-refractivity contribution in [2.45, 2.75) is 18.3 Å². The van der Waals surface area contributed by atoms with Crippen molar-refractivity contribution in [3.8, 4) is 0 Å². The van der Waals surface area contributed by atoms with Crippen LogP contribution in [0.15, 0.2) is 30.3 Å². The minimum absolute atomic E-state index is 0.123. The van der Waals surface area contributed by atoms with Gasteiger partial charge in [-0.25, -0.2) is 8.78 Å². The maximum atomic E-state index is 12.4. The van der Waals surface area contributed by atoms with Gasteiger partial charge in [0.25, 0.3) is 6.43 Å². The molecule has 0 aliphatic heterocycles. The minimum atomic E-state index is -5.25. The highest BCUT2D eigenvalue weighted by molar-refractivity contribution is 5.45. The SMILES string of the molecule is NC(Nc1ccccc1)(C(F)F)C(F)(F)F. The lowest BCUT2D eigenvalue weighted by Crippen LogP contribution is -2.64. The lowest BCUT2D eigenvalue weighted by molar-refractivity contribution is -0.209. The van der Waals surface area contributed by atoms with Crippen molar-refractivity contribution >= 4 is 5.69 Å². The van der Waals surface area contributed by atoms with Crippen molar-refractivity contribution in [2.75, 3.05) is 5.32 Å². The maximum absolute atomic E-state index is 12.4. The molecule has 0 saturated carbocycles. The van der Waals surface area contributed by atoms with Gasteiger partial charge in [-0.3, -0.25) is 5.73 Å². The molecule has 0 radical (unpaired) electrons. The van der Waals surface area contributed by atoms with Gasteiger partial charge >= 0.3 is 6.18 Å². The molecule has 3 N–H and O–H groups in total. The molecule has 0 amide bonds. The highest BCUT2D eigenvalue weighted by atomic mass is 19.4. The number of nitrogens with one attached hydrogen (secondary N) is 1. The number of hydrogen-bond acceptors (Lipinski definition) is 2. The fourth-order valence-corrected chi connectivity index (χ4v) is 1.01. The molecule has 0 aromatic heterocycles. The molecule has 7 heteroatoms. The molecule has 90 valence electrons. The molecule has 1 aromatic carbocycles. The van der Waals surface area contributed by atoms with Gasteiger partial charge in [0.2, 0.25) is 5.66 Å². The van der Waals surface area contributed by atoms with Gasteiger partial charge in [0.05, 0.1) is 0 Å². The third-order valence-electron chi connectivity index (χ3n) is 1.94. The molecular weight excluding hydrogens is 231 g/mol. The molecule has 0 heterocycles. The highest BCUT2D eigenvalue weighted by Crippen LogP contribution is 2.34. The zero-order chi connectivity index (χ0) is 12.4. The topological polar surface area (TPSA) is 38.0 Å². The van der Waals surface area contributed by atoms with Crippen LogP contribution in [0.5, 0.6) is 0 Å². The first-order valence-electron chi connectivity index (χ1n) is 4.24. The number of alkyl halides is 5. The van der Waals surface area contributed by atoms with Crippen molar-refractivity contribution < 1.29 is 22.0 Å². The van der Waals surface area contributed by atoms with E-state index in [1.54, 1.807) is 11.4 Å². The average Bonchev–Trinajstić information content (AvgIpc) is 2.17. The van der Waals surface area contributed by atoms with Crippen molar-refractivity contribution in [1.29, 1.82) is 0 Å². The second-order valence-corrected chi connectivity index (χ2v) is 3.16. The zero-order valence-corrected chi connectivity index (χ0v) is 7.93. The average molecular weight is 240 g/mol. The summed E-state index contributed by atoms with van der Waals surface area (Å²) >= 11 is 0. The lowest BCUT2D eigenvalue weighted by atomic mass is 10.1. The number of benzene rings is 1. The van der Waals surface area contributed by atoms with Crippen LogP contribution in [0.1, 0.15) is 0 Å². The van der Waals surface area contributed by atoms with E-state index in [0.29, 0.717) is 0 Å². The fraction of sp³-hybridized carbons (Fsp3) is 0.333. The standard InChI is InChI=1S/C9H9F5N2/c10-7(11)8(15,9(12,13)14)16-6-4-2-1-3-5-6/h1-5,7,16H,15H2. The first-order chi connectivity index (χ1) is 7.27. The Balaban J connectivity index is 2.98. The number of nitrogens with two attached hydrogens (primary N) is 1. The maximum Gasteiger partial charge on any atom is 0.430 e. The number of hydrogen-bond donors (Lipinski definition) is 2. The predicted octanol–water partition coefficient (Wildman–Crippen LogP) is 2.58. The minimum Gasteiger partial charge on any atom is -0.355 e. The third kappa shape index (κ3) is 2.41. The van der Waals surface area contributed by atoms with Gasteiger partial charge in [0, 0.05) is 5.69 Å². The van der Waals surface area contributed by atoms with Gasteiger partial charge < -0.3 is 5.32 Å². The molecule has 0 bridgehead atoms. The van der Waals surface area contributed by atoms with E-state index >= 15 is 0 Å². The van der Waals surface area contributed by atoms with E-state index in [-0.39, 0.29) is 5.69 Å². The van der Waals surface area contributed by atoms with Crippen molar-refractivity contribution in [3.05, 3.63) is 30.3 Å². The Morgan fingerprint density at radius 3 is 1.94 bits per heavy atom. The summed E-state index contributed by atoms with van der Waals surface area (Å²) in [5, 5.41) is 1.60. The Labute approximate surface area is 88.2 Å². The molecule has 0 fully saturated rings. The first kappa shape index (κ1) is 12.7. The molecule has 0 aliphatic rings. The van der Waals surface area contributed by atoms with Crippen LogP contribution in [-0.2, 0) is 0 Å². The Kier molecular flexibility index (Phi) is 3.37. The number of halogens is 5. The van der Waals surface area contributed by atoms with Gasteiger partial charge in [-0.2, -0.15) is 13.2 Å². The number of para-hydroxylation sites is 1. The number of anilines is 1. The molecule has 1 unspecified atom stereocenters. The van der Waals surface area contributed by atoms with Gasteiger partial charge in [-0.15, -0.1) is 0 Å². The van der Waals surface area contributed by atoms with Crippen LogP contribution in [0.3, 0.4) is 0 Å². The molecule has 1 rings (SSSR count). The van der Waals surface area contributed by atoms with Gasteiger partial charge in [0.1, 0.15) is 0 Å². The third-order valence-corrected chi connectivity index (χ3v) is 1.94. The predicted molar refractivity (Wildman–Crippen MR) is 49.0 cm³/mol. The monoisotopic (exact) mass is 240 g/mol. The Morgan fingerprint density at radius 2 is 1.56 bits per heavy atom. The quantitative estimate of drug-likeness (QED) is 0.629. The second kappa shape index (κ2) is 4.25. The van der Waals surface area contributed by atoms with Crippen LogP contribution in [0.2, 0.25) is 0 Å². The van der Waals surface area contributed by atoms with Gasteiger partial charge in [-0.05, 0) is 12.1 Å². The van der Waals surface area contributed by atoms with Crippen LogP contribution >= 0.6 is 0 Å². The van der Waals surface area contributed by atoms with Crippen LogP contribution in [0, 0.1) is 0 Å². The number of rotatable bonds is 3. The molecule has 2 nitrogen and oxygen atoms in total. The summed E-state index contributed by atoms with van der Waals surface area (Å²) in [4.78, 5) is 0. The van der Waals surface area contributed by atoms with E-state index in [0.717, 1.165) is 0 Å². The molecule has 1 atom stereocenters. The summed E-state index contributed by atoms with van der Waals surface area (Å²) < 4.78 is 61.8. The normalized spacial score (nSPS) is 15.9. The van der Waals surface area contributed by atoms with E-state index < -0.39 is 18.3 Å². The summed E-state index contributed by atoms with van der Waals surface area (Å²) in [6, 6.07) is 6.79. The first-order valence-corrected chi connectivity index (χ1v) is 4.24. The summed E-state index contributed by atoms with van der Waals surface area (Å²) in [6.07, 6.45) is -9.02. The van der Waals surface area contributed by atoms with E-state index in [1.165, 1.54) is 24.3 Å². The van der Waals surface area contributed by atoms with Crippen LogP contribution in [-0.4, -0.2) is 18.3 Å². The lowest BCUT2D eigenvalue weighted by Gasteiger charge is -2.32. The molecule has 0 saturated heterocycles. The molecular formula is C9H9F5N2. The Hall–Kier alpha value is -1.37. The van der Waals surface area contributed by atoms with Gasteiger partial charge in [0.15, 0.2) is 0 Å². The summed E-state index contributed by atoms with van der Waals surface area (Å²) in [5.41, 5.74) is 0.799. The molecule has 16 heavy (non-hydrogen) atoms. The van der Waals surface area contributed by atoms with Crippen LogP contribution < -0.4 is 11.1 Å². The van der Waals surface area contributed by atoms with E-state index in [4.69, 9.17) is 0 Å². The smallest absolute Gasteiger partial charge is 0.355 e. The second-order valence-electron chi connectivity index (χ2n) is 3.16. The molecule has 1 aromatic rings. The summed E-state index contributed by atoms with van der Waals surface area (Å²) in [6.45, 7) is 0. The largest absolute Gasteiger partial charge is 0.430 e. The van der Waals surface area contributed by atoms with E-state index in [1.807, 2.05) is 0 Å². The fourth-order valence-electron chi connectivity index (χ4n) is 1.01. The Morgan fingerprint density at radius 1 is 1.06 bits per heavy atom.